The lowest BCUT2D eigenvalue weighted by Gasteiger charge is -2.15. The molecule has 0 unspecified atom stereocenters. The Morgan fingerprint density at radius 3 is 1.73 bits per heavy atom. The van der Waals surface area contributed by atoms with Crippen LogP contribution in [0.3, 0.4) is 0 Å². The van der Waals surface area contributed by atoms with Gasteiger partial charge in [0.05, 0.1) is 11.0 Å². The molecule has 4 aromatic rings. The van der Waals surface area contributed by atoms with Crippen LogP contribution in [0.25, 0.3) is 27.5 Å². The van der Waals surface area contributed by atoms with Gasteiger partial charge in [0.2, 0.25) is 0 Å². The molecule has 0 spiro atoms. The number of nitrogens with zero attached hydrogens (tertiary/aromatic N) is 1. The highest BCUT2D eigenvalue weighted by Gasteiger charge is 2.11. The first-order chi connectivity index (χ1) is 10.8. The maximum absolute atomic E-state index is 13.2. The molecule has 0 N–H and O–H groups in total. The minimum absolute atomic E-state index is 0.0181. The summed E-state index contributed by atoms with van der Waals surface area (Å²) in [7, 11) is 0. The Kier molecular flexibility index (Phi) is 2.79. The molecule has 0 aliphatic rings. The first-order valence-corrected chi connectivity index (χ1v) is 7.04. The van der Waals surface area contributed by atoms with E-state index in [-0.39, 0.29) is 11.2 Å². The average molecular weight is 289 g/mol. The van der Waals surface area contributed by atoms with Crippen LogP contribution in [0.1, 0.15) is 0 Å². The van der Waals surface area contributed by atoms with E-state index in [4.69, 9.17) is 0 Å². The van der Waals surface area contributed by atoms with Crippen molar-refractivity contribution in [3.63, 3.8) is 0 Å². The minimum Gasteiger partial charge on any atom is -0.309 e. The number of rotatable bonds is 1. The van der Waals surface area contributed by atoms with Gasteiger partial charge in [-0.2, -0.15) is 0 Å². The van der Waals surface area contributed by atoms with Crippen LogP contribution < -0.4 is 5.43 Å². The van der Waals surface area contributed by atoms with E-state index in [2.05, 4.69) is 0 Å². The lowest BCUT2D eigenvalue weighted by atomic mass is 10.1. The van der Waals surface area contributed by atoms with Crippen molar-refractivity contribution in [1.29, 1.82) is 0 Å². The van der Waals surface area contributed by atoms with Crippen molar-refractivity contribution in [3.8, 4) is 5.69 Å². The fraction of sp³-hybridized carbons (Fsp3) is 0. The molecular formula is C19H12FNO. The molecule has 0 saturated carbocycles. The molecule has 0 amide bonds. The summed E-state index contributed by atoms with van der Waals surface area (Å²) in [5.74, 6) is -0.279. The number of para-hydroxylation sites is 2. The number of benzene rings is 3. The van der Waals surface area contributed by atoms with Crippen LogP contribution in [-0.2, 0) is 0 Å². The molecule has 0 saturated heterocycles. The predicted molar refractivity (Wildman–Crippen MR) is 87.0 cm³/mol. The first kappa shape index (κ1) is 12.8. The standard InChI is InChI=1S/C19H12FNO/c20-13-9-11-14(12-10-13)21-17-7-3-1-5-15(17)19(22)16-6-2-4-8-18(16)21/h1-12H. The van der Waals surface area contributed by atoms with E-state index < -0.39 is 0 Å². The smallest absolute Gasteiger partial charge is 0.197 e. The molecule has 0 aliphatic carbocycles. The zero-order valence-corrected chi connectivity index (χ0v) is 11.7. The third-order valence-electron chi connectivity index (χ3n) is 3.86. The number of halogens is 1. The predicted octanol–water partition coefficient (Wildman–Crippen LogP) is 4.28. The molecule has 0 atom stereocenters. The number of fused-ring (bicyclic) bond motifs is 2. The van der Waals surface area contributed by atoms with Crippen LogP contribution in [0.5, 0.6) is 0 Å². The first-order valence-electron chi connectivity index (χ1n) is 7.04. The monoisotopic (exact) mass is 289 g/mol. The Labute approximate surface area is 126 Å². The summed E-state index contributed by atoms with van der Waals surface area (Å²) in [5.41, 5.74) is 2.48. The highest BCUT2D eigenvalue weighted by atomic mass is 19.1. The van der Waals surface area contributed by atoms with E-state index in [1.54, 1.807) is 12.1 Å². The zero-order chi connectivity index (χ0) is 15.1. The van der Waals surface area contributed by atoms with Crippen molar-refractivity contribution in [2.75, 3.05) is 0 Å². The summed E-state index contributed by atoms with van der Waals surface area (Å²) in [5, 5.41) is 1.32. The minimum atomic E-state index is -0.279. The second-order valence-electron chi connectivity index (χ2n) is 5.18. The second kappa shape index (κ2) is 4.81. The molecule has 3 heteroatoms. The third-order valence-corrected chi connectivity index (χ3v) is 3.86. The Balaban J connectivity index is 2.25. The Morgan fingerprint density at radius 1 is 0.682 bits per heavy atom. The van der Waals surface area contributed by atoms with Gasteiger partial charge in [0, 0.05) is 16.5 Å². The van der Waals surface area contributed by atoms with Crippen molar-refractivity contribution in [1.82, 2.24) is 4.57 Å². The van der Waals surface area contributed by atoms with Gasteiger partial charge in [0.15, 0.2) is 5.43 Å². The molecule has 0 radical (unpaired) electrons. The summed E-state index contributed by atoms with van der Waals surface area (Å²) in [6, 6.07) is 21.3. The molecule has 22 heavy (non-hydrogen) atoms. The second-order valence-corrected chi connectivity index (χ2v) is 5.18. The molecule has 0 bridgehead atoms. The third kappa shape index (κ3) is 1.83. The molecule has 3 aromatic carbocycles. The zero-order valence-electron chi connectivity index (χ0n) is 11.7. The SMILES string of the molecule is O=c1c2ccccc2n(-c2ccc(F)cc2)c2ccccc12. The van der Waals surface area contributed by atoms with Crippen LogP contribution in [-0.4, -0.2) is 4.57 Å². The van der Waals surface area contributed by atoms with Gasteiger partial charge >= 0.3 is 0 Å². The molecule has 1 heterocycles. The van der Waals surface area contributed by atoms with Crippen LogP contribution in [0.4, 0.5) is 4.39 Å². The van der Waals surface area contributed by atoms with E-state index in [0.717, 1.165) is 16.7 Å². The topological polar surface area (TPSA) is 22.0 Å². The van der Waals surface area contributed by atoms with E-state index >= 15 is 0 Å². The lowest BCUT2D eigenvalue weighted by Crippen LogP contribution is -2.10. The van der Waals surface area contributed by atoms with Gasteiger partial charge in [-0.3, -0.25) is 4.79 Å². The maximum Gasteiger partial charge on any atom is 0.197 e. The van der Waals surface area contributed by atoms with Crippen molar-refractivity contribution >= 4 is 21.8 Å². The van der Waals surface area contributed by atoms with Crippen molar-refractivity contribution in [2.45, 2.75) is 0 Å². The fourth-order valence-corrected chi connectivity index (χ4v) is 2.86. The van der Waals surface area contributed by atoms with E-state index in [1.807, 2.05) is 53.1 Å². The highest BCUT2D eigenvalue weighted by Crippen LogP contribution is 2.23. The molecule has 1 aromatic heterocycles. The quantitative estimate of drug-likeness (QED) is 0.479. The van der Waals surface area contributed by atoms with Gasteiger partial charge in [0.25, 0.3) is 0 Å². The van der Waals surface area contributed by atoms with E-state index in [1.165, 1.54) is 12.1 Å². The summed E-state index contributed by atoms with van der Waals surface area (Å²) in [6.45, 7) is 0. The van der Waals surface area contributed by atoms with Crippen LogP contribution >= 0.6 is 0 Å². The number of hydrogen-bond donors (Lipinski definition) is 0. The summed E-state index contributed by atoms with van der Waals surface area (Å²) < 4.78 is 15.2. The largest absolute Gasteiger partial charge is 0.309 e. The van der Waals surface area contributed by atoms with Gasteiger partial charge in [0.1, 0.15) is 5.82 Å². The van der Waals surface area contributed by atoms with Gasteiger partial charge in [-0.05, 0) is 48.5 Å². The Morgan fingerprint density at radius 2 is 1.18 bits per heavy atom. The van der Waals surface area contributed by atoms with Gasteiger partial charge in [-0.1, -0.05) is 24.3 Å². The maximum atomic E-state index is 13.2. The van der Waals surface area contributed by atoms with Crippen LogP contribution in [0.2, 0.25) is 0 Å². The lowest BCUT2D eigenvalue weighted by molar-refractivity contribution is 0.627. The average Bonchev–Trinajstić information content (AvgIpc) is 2.57. The number of hydrogen-bond acceptors (Lipinski definition) is 1. The number of aromatic nitrogens is 1. The van der Waals surface area contributed by atoms with Gasteiger partial charge in [-0.25, -0.2) is 4.39 Å². The normalized spacial score (nSPS) is 11.1. The van der Waals surface area contributed by atoms with Gasteiger partial charge in [-0.15, -0.1) is 0 Å². The highest BCUT2D eigenvalue weighted by molar-refractivity contribution is 5.95. The molecule has 2 nitrogen and oxygen atoms in total. The van der Waals surface area contributed by atoms with Crippen LogP contribution in [0.15, 0.2) is 77.6 Å². The summed E-state index contributed by atoms with van der Waals surface area (Å²) >= 11 is 0. The Hall–Kier alpha value is -2.94. The van der Waals surface area contributed by atoms with Crippen molar-refractivity contribution in [3.05, 3.63) is 88.8 Å². The van der Waals surface area contributed by atoms with Crippen molar-refractivity contribution in [2.24, 2.45) is 0 Å². The summed E-state index contributed by atoms with van der Waals surface area (Å²) in [4.78, 5) is 12.7. The molecule has 0 fully saturated rings. The molecular weight excluding hydrogens is 277 g/mol. The van der Waals surface area contributed by atoms with Crippen molar-refractivity contribution < 1.29 is 4.39 Å². The van der Waals surface area contributed by atoms with E-state index in [9.17, 15) is 9.18 Å². The van der Waals surface area contributed by atoms with E-state index in [0.29, 0.717) is 10.8 Å². The Bertz CT molecular complexity index is 988. The summed E-state index contributed by atoms with van der Waals surface area (Å²) in [6.07, 6.45) is 0. The van der Waals surface area contributed by atoms with Gasteiger partial charge < -0.3 is 4.57 Å². The molecule has 4 rings (SSSR count). The fourth-order valence-electron chi connectivity index (χ4n) is 2.86. The molecule has 0 aliphatic heterocycles. The van der Waals surface area contributed by atoms with Crippen LogP contribution in [0, 0.1) is 5.82 Å². The number of pyridine rings is 1. The molecule has 106 valence electrons.